The second-order valence-corrected chi connectivity index (χ2v) is 10.6. The maximum Gasteiger partial charge on any atom is 0.325 e. The van der Waals surface area contributed by atoms with Crippen LogP contribution in [0, 0.1) is 0 Å². The zero-order valence-electron chi connectivity index (χ0n) is 18.7. The zero-order valence-corrected chi connectivity index (χ0v) is 22.6. The maximum absolute atomic E-state index is 10.2. The molecular formula is C20H39KO8S. The first kappa shape index (κ1) is 32.6. The first-order valence-corrected chi connectivity index (χ1v) is 14.9. The minimum Gasteiger partial charge on any atom is -0.481 e. The third-order valence-electron chi connectivity index (χ3n) is 4.49. The van der Waals surface area contributed by atoms with Crippen molar-refractivity contribution in [2.24, 2.45) is 0 Å². The molecule has 0 radical (unpaired) electrons. The Labute approximate surface area is 215 Å². The van der Waals surface area contributed by atoms with Gasteiger partial charge in [0.1, 0.15) is 0 Å². The molecule has 30 heavy (non-hydrogen) atoms. The van der Waals surface area contributed by atoms with Crippen molar-refractivity contribution < 1.29 is 37.5 Å². The van der Waals surface area contributed by atoms with Gasteiger partial charge in [0.25, 0.3) is 10.1 Å². The molecule has 0 spiro atoms. The average molecular weight is 479 g/mol. The van der Waals surface area contributed by atoms with E-state index in [2.05, 4.69) is 6.92 Å². The molecule has 0 aromatic rings. The minimum absolute atomic E-state index is 0.976. The molecular weight excluding hydrogens is 439 g/mol. The van der Waals surface area contributed by atoms with Crippen LogP contribution in [0.2, 0.25) is 0.515 Å². The monoisotopic (exact) mass is 478 g/mol. The van der Waals surface area contributed by atoms with Crippen molar-refractivity contribution >= 4 is 71.0 Å². The van der Waals surface area contributed by atoms with Crippen LogP contribution < -0.4 is 0 Å². The second-order valence-electron chi connectivity index (χ2n) is 7.44. The van der Waals surface area contributed by atoms with Gasteiger partial charge in [-0.15, -0.1) is 0 Å². The average Bonchev–Trinajstić information content (AvgIpc) is 2.66. The predicted octanol–water partition coefficient (Wildman–Crippen LogP) is 4.09. The van der Waals surface area contributed by atoms with E-state index in [4.69, 9.17) is 19.5 Å². The largest absolute Gasteiger partial charge is 0.481 e. The Morgan fingerprint density at radius 2 is 1.27 bits per heavy atom. The summed E-state index contributed by atoms with van der Waals surface area (Å²) in [7, 11) is -4.84. The Bertz CT molecular complexity index is 509. The van der Waals surface area contributed by atoms with Crippen LogP contribution in [0.3, 0.4) is 0 Å². The van der Waals surface area contributed by atoms with Crippen molar-refractivity contribution in [3.63, 3.8) is 0 Å². The summed E-state index contributed by atoms with van der Waals surface area (Å²) in [6, 6.07) is 0. The molecule has 1 unspecified atom stereocenters. The van der Waals surface area contributed by atoms with Gasteiger partial charge >= 0.3 is 131 Å². The number of hydrogen-bond acceptors (Lipinski definition) is 5. The van der Waals surface area contributed by atoms with Gasteiger partial charge in [-0.25, -0.2) is 0 Å². The van der Waals surface area contributed by atoms with Crippen molar-refractivity contribution in [1.29, 1.82) is 0 Å². The molecule has 8 nitrogen and oxygen atoms in total. The number of rotatable bonds is 19. The van der Waals surface area contributed by atoms with Crippen LogP contribution in [0.25, 0.3) is 0 Å². The van der Waals surface area contributed by atoms with E-state index in [0.29, 0.717) is 0 Å². The summed E-state index contributed by atoms with van der Waals surface area (Å²) < 4.78 is 35.5. The first-order valence-electron chi connectivity index (χ1n) is 11.1. The van der Waals surface area contributed by atoms with Gasteiger partial charge in [0.2, 0.25) is 0 Å². The van der Waals surface area contributed by atoms with Gasteiger partial charge in [-0.2, -0.15) is 8.42 Å². The Kier molecular flexibility index (Phi) is 24.6. The fraction of sp³-hybridized carbons (Fsp3) is 0.900. The van der Waals surface area contributed by atoms with Gasteiger partial charge in [-0.3, -0.25) is 14.1 Å². The number of unbranched alkanes of at least 4 members (excludes halogenated alkanes) is 11. The van der Waals surface area contributed by atoms with Crippen molar-refractivity contribution in [2.75, 3.05) is 13.2 Å². The molecule has 0 aliphatic rings. The summed E-state index contributed by atoms with van der Waals surface area (Å²) in [5, 5.41) is 13.9. The van der Waals surface area contributed by atoms with E-state index in [1.54, 1.807) is 0 Å². The van der Waals surface area contributed by atoms with E-state index < -0.39 is 33.7 Å². The summed E-state index contributed by atoms with van der Waals surface area (Å²) in [6.07, 6.45) is 15.9. The van der Waals surface area contributed by atoms with Gasteiger partial charge < -0.3 is 10.2 Å². The molecule has 0 saturated carbocycles. The Hall–Kier alpha value is 0.446. The third kappa shape index (κ3) is 24.7. The van der Waals surface area contributed by atoms with E-state index in [-0.39, 0.29) is 0 Å². The van der Waals surface area contributed by atoms with Gasteiger partial charge in [0.05, 0.1) is 6.42 Å². The smallest absolute Gasteiger partial charge is 0.325 e. The molecule has 0 rings (SSSR count). The quantitative estimate of drug-likeness (QED) is 0.143. The second kappa shape index (κ2) is 22.6. The Balaban J connectivity index is 0. The SMILES string of the molecule is CCCCCCCCCCCCCCOC[CH2][K].O=C(O)CC(C(=O)O)S(=O)(=O)O. The normalized spacial score (nSPS) is 12.1. The van der Waals surface area contributed by atoms with Crippen LogP contribution in [0.1, 0.15) is 90.4 Å². The standard InChI is InChI=1S/C16H33O.C4H6O7S.K/c1-3-5-6-7-8-9-10-11-12-13-14-15-16-17-4-2;5-3(6)1-2(4(7)8)12(9,10)11;/h2-16H2,1H3;2H,1H2,(H,5,6)(H,7,8)(H,9,10,11);. The molecule has 0 fully saturated rings. The third-order valence-corrected chi connectivity index (χ3v) is 6.21. The Morgan fingerprint density at radius 3 is 1.57 bits per heavy atom. The van der Waals surface area contributed by atoms with Crippen LogP contribution in [-0.4, -0.2) is 103 Å². The number of aliphatic carboxylic acids is 2. The molecule has 0 saturated heterocycles. The van der Waals surface area contributed by atoms with Crippen molar-refractivity contribution in [1.82, 2.24) is 0 Å². The van der Waals surface area contributed by atoms with Crippen LogP contribution in [-0.2, 0) is 24.4 Å². The summed E-state index contributed by atoms with van der Waals surface area (Å²) in [6.45, 7) is 4.32. The minimum atomic E-state index is -4.84. The molecule has 0 aromatic heterocycles. The van der Waals surface area contributed by atoms with Crippen LogP contribution in [0.4, 0.5) is 0 Å². The molecule has 0 aromatic carbocycles. The number of hydrogen-bond donors (Lipinski definition) is 3. The Morgan fingerprint density at radius 1 is 0.833 bits per heavy atom. The van der Waals surface area contributed by atoms with Crippen molar-refractivity contribution in [2.45, 2.75) is 96.2 Å². The van der Waals surface area contributed by atoms with Crippen LogP contribution in [0.15, 0.2) is 0 Å². The summed E-state index contributed by atoms with van der Waals surface area (Å²) in [4.78, 5) is 20.0. The maximum atomic E-state index is 10.2. The van der Waals surface area contributed by atoms with Gasteiger partial charge in [0, 0.05) is 0 Å². The van der Waals surface area contributed by atoms with Gasteiger partial charge in [-0.05, 0) is 0 Å². The van der Waals surface area contributed by atoms with Crippen LogP contribution >= 0.6 is 0 Å². The van der Waals surface area contributed by atoms with Gasteiger partial charge in [0.15, 0.2) is 5.25 Å². The summed E-state index contributed by atoms with van der Waals surface area (Å²) >= 11 is 0.976. The molecule has 3 N–H and O–H groups in total. The number of carbonyl (C=O) groups is 2. The molecule has 0 aliphatic carbocycles. The van der Waals surface area contributed by atoms with Crippen molar-refractivity contribution in [3.05, 3.63) is 0 Å². The topological polar surface area (TPSA) is 138 Å². The van der Waals surface area contributed by atoms with E-state index >= 15 is 0 Å². The van der Waals surface area contributed by atoms with Gasteiger partial charge in [-0.1, -0.05) is 32.6 Å². The fourth-order valence-electron chi connectivity index (χ4n) is 2.77. The molecule has 10 heteroatoms. The summed E-state index contributed by atoms with van der Waals surface area (Å²) in [5.74, 6) is -3.50. The van der Waals surface area contributed by atoms with Crippen LogP contribution in [0.5, 0.6) is 0 Å². The molecule has 0 bridgehead atoms. The zero-order chi connectivity index (χ0) is 23.3. The first-order chi connectivity index (χ1) is 14.2. The number of carboxylic acid groups (broad SMARTS) is 2. The molecule has 0 aliphatic heterocycles. The molecule has 1 atom stereocenters. The molecule has 0 heterocycles. The van der Waals surface area contributed by atoms with E-state index in [9.17, 15) is 18.0 Å². The van der Waals surface area contributed by atoms with E-state index in [1.165, 1.54) is 77.6 Å². The molecule has 0 amide bonds. The molecule has 174 valence electrons. The van der Waals surface area contributed by atoms with Crippen molar-refractivity contribution in [3.8, 4) is 0 Å². The number of carboxylic acids is 2. The number of ether oxygens (including phenoxy) is 1. The van der Waals surface area contributed by atoms with E-state index in [0.717, 1.165) is 62.2 Å². The van der Waals surface area contributed by atoms with E-state index in [1.807, 2.05) is 0 Å². The fourth-order valence-corrected chi connectivity index (χ4v) is 3.83. The summed E-state index contributed by atoms with van der Waals surface area (Å²) in [5.41, 5.74) is 0. The predicted molar refractivity (Wildman–Crippen MR) is 118 cm³/mol.